The summed E-state index contributed by atoms with van der Waals surface area (Å²) >= 11 is 0. The Hall–Kier alpha value is -4.60. The van der Waals surface area contributed by atoms with Crippen molar-refractivity contribution in [1.29, 1.82) is 0 Å². The van der Waals surface area contributed by atoms with Gasteiger partial charge in [0.25, 0.3) is 5.91 Å². The summed E-state index contributed by atoms with van der Waals surface area (Å²) in [6.07, 6.45) is 1.43. The van der Waals surface area contributed by atoms with E-state index in [0.29, 0.717) is 17.4 Å². The predicted octanol–water partition coefficient (Wildman–Crippen LogP) is 2.18. The van der Waals surface area contributed by atoms with Crippen molar-refractivity contribution in [3.63, 3.8) is 0 Å². The van der Waals surface area contributed by atoms with Crippen LogP contribution in [0.15, 0.2) is 79.0 Å². The Bertz CT molecular complexity index is 1350. The van der Waals surface area contributed by atoms with Gasteiger partial charge in [0, 0.05) is 11.6 Å². The van der Waals surface area contributed by atoms with Crippen molar-refractivity contribution in [1.82, 2.24) is 40.1 Å². The topological polar surface area (TPSA) is 112 Å². The van der Waals surface area contributed by atoms with E-state index in [9.17, 15) is 4.79 Å². The van der Waals surface area contributed by atoms with Crippen molar-refractivity contribution >= 4 is 11.6 Å². The number of ether oxygens (including phenoxy) is 1. The number of benzene rings is 2. The van der Waals surface area contributed by atoms with E-state index >= 15 is 0 Å². The molecule has 158 valence electrons. The fourth-order valence-corrected chi connectivity index (χ4v) is 3.08. The fraction of sp³-hybridized carbons (Fsp3) is 0.0909. The number of aromatic nitrogens is 7. The molecule has 0 saturated heterocycles. The largest absolute Gasteiger partial charge is 0.475 e. The molecule has 0 unspecified atom stereocenters. The Morgan fingerprint density at radius 2 is 1.69 bits per heavy atom. The lowest BCUT2D eigenvalue weighted by atomic mass is 10.2. The molecule has 10 heteroatoms. The first-order valence-corrected chi connectivity index (χ1v) is 9.94. The highest BCUT2D eigenvalue weighted by atomic mass is 16.5. The molecule has 0 atom stereocenters. The summed E-state index contributed by atoms with van der Waals surface area (Å²) < 4.78 is 7.32. The van der Waals surface area contributed by atoms with Crippen molar-refractivity contribution in [2.45, 2.75) is 0 Å². The maximum absolute atomic E-state index is 12.3. The van der Waals surface area contributed by atoms with E-state index in [1.54, 1.807) is 16.6 Å². The predicted molar refractivity (Wildman–Crippen MR) is 115 cm³/mol. The number of carbonyl (C=O) groups is 1. The van der Waals surface area contributed by atoms with Crippen molar-refractivity contribution in [2.75, 3.05) is 13.2 Å². The molecular formula is C22H18N8O2. The Kier molecular flexibility index (Phi) is 5.23. The summed E-state index contributed by atoms with van der Waals surface area (Å²) in [5, 5.41) is 23.9. The molecule has 10 nitrogen and oxygen atoms in total. The molecule has 3 aromatic heterocycles. The van der Waals surface area contributed by atoms with E-state index in [1.807, 2.05) is 60.7 Å². The number of hydrogen-bond donors (Lipinski definition) is 1. The molecule has 0 spiro atoms. The van der Waals surface area contributed by atoms with Crippen LogP contribution in [0, 0.1) is 0 Å². The summed E-state index contributed by atoms with van der Waals surface area (Å²) in [7, 11) is 0. The Morgan fingerprint density at radius 3 is 2.50 bits per heavy atom. The summed E-state index contributed by atoms with van der Waals surface area (Å²) in [6, 6.07) is 22.5. The molecule has 1 amide bonds. The van der Waals surface area contributed by atoms with Crippen molar-refractivity contribution in [2.24, 2.45) is 0 Å². The van der Waals surface area contributed by atoms with Crippen molar-refractivity contribution in [3.05, 3.63) is 84.7 Å². The van der Waals surface area contributed by atoms with Crippen LogP contribution in [0.5, 0.6) is 5.88 Å². The second-order valence-corrected chi connectivity index (χ2v) is 6.79. The average molecular weight is 426 g/mol. The minimum atomic E-state index is -0.329. The number of carbonyl (C=O) groups excluding carboxylic acids is 1. The second kappa shape index (κ2) is 8.64. The lowest BCUT2D eigenvalue weighted by Crippen LogP contribution is -2.28. The maximum atomic E-state index is 12.3. The lowest BCUT2D eigenvalue weighted by molar-refractivity contribution is 0.0941. The summed E-state index contributed by atoms with van der Waals surface area (Å²) in [4.78, 5) is 13.7. The van der Waals surface area contributed by atoms with Gasteiger partial charge in [0.1, 0.15) is 6.61 Å². The molecule has 1 N–H and O–H groups in total. The molecule has 32 heavy (non-hydrogen) atoms. The number of fused-ring (bicyclic) bond motifs is 1. The van der Waals surface area contributed by atoms with Crippen molar-refractivity contribution < 1.29 is 9.53 Å². The molecule has 0 radical (unpaired) electrons. The first-order chi connectivity index (χ1) is 15.8. The first-order valence-electron chi connectivity index (χ1n) is 9.94. The van der Waals surface area contributed by atoms with Crippen LogP contribution in [0.4, 0.5) is 0 Å². The maximum Gasteiger partial charge on any atom is 0.273 e. The van der Waals surface area contributed by atoms with Crippen molar-refractivity contribution in [3.8, 4) is 23.0 Å². The van der Waals surface area contributed by atoms with Gasteiger partial charge in [0.15, 0.2) is 17.2 Å². The van der Waals surface area contributed by atoms with Crippen LogP contribution in [-0.2, 0) is 0 Å². The molecule has 0 aliphatic heterocycles. The van der Waals surface area contributed by atoms with E-state index in [1.165, 1.54) is 11.0 Å². The first kappa shape index (κ1) is 19.4. The third-order valence-electron chi connectivity index (χ3n) is 4.62. The van der Waals surface area contributed by atoms with E-state index in [2.05, 4.69) is 30.8 Å². The zero-order valence-electron chi connectivity index (χ0n) is 16.9. The highest BCUT2D eigenvalue weighted by Gasteiger charge is 2.12. The highest BCUT2D eigenvalue weighted by Crippen LogP contribution is 2.18. The van der Waals surface area contributed by atoms with Gasteiger partial charge in [-0.3, -0.25) is 4.79 Å². The zero-order chi connectivity index (χ0) is 21.8. The Labute approximate surface area is 182 Å². The fourth-order valence-electron chi connectivity index (χ4n) is 3.08. The van der Waals surface area contributed by atoms with Gasteiger partial charge in [-0.05, 0) is 18.2 Å². The molecule has 0 fully saturated rings. The molecule has 0 aliphatic rings. The number of nitrogens with one attached hydrogen (secondary N) is 1. The number of para-hydroxylation sites is 1. The Balaban J connectivity index is 1.19. The van der Waals surface area contributed by atoms with Crippen LogP contribution in [0.1, 0.15) is 10.5 Å². The van der Waals surface area contributed by atoms with E-state index in [-0.39, 0.29) is 24.8 Å². The summed E-state index contributed by atoms with van der Waals surface area (Å²) in [6.45, 7) is 0.518. The van der Waals surface area contributed by atoms with Crippen LogP contribution in [0.25, 0.3) is 22.7 Å². The molecular weight excluding hydrogens is 408 g/mol. The molecule has 0 bridgehead atoms. The smallest absolute Gasteiger partial charge is 0.273 e. The zero-order valence-corrected chi connectivity index (χ0v) is 16.9. The standard InChI is InChI=1S/C22H18N8O2/c31-22(18-15-24-30(27-18)17-9-5-2-6-10-17)23-13-14-32-20-12-11-19-25-26-21(29(19)28-20)16-7-3-1-4-8-16/h1-12,15H,13-14H2,(H,23,31). The Morgan fingerprint density at radius 1 is 0.906 bits per heavy atom. The van der Waals surface area contributed by atoms with Gasteiger partial charge in [-0.25, -0.2) is 0 Å². The molecule has 5 aromatic rings. The second-order valence-electron chi connectivity index (χ2n) is 6.79. The summed E-state index contributed by atoms with van der Waals surface area (Å²) in [5.74, 6) is 0.698. The minimum Gasteiger partial charge on any atom is -0.475 e. The molecule has 0 saturated carbocycles. The monoisotopic (exact) mass is 426 g/mol. The molecule has 3 heterocycles. The third-order valence-corrected chi connectivity index (χ3v) is 4.62. The molecule has 0 aliphatic carbocycles. The van der Waals surface area contributed by atoms with E-state index in [4.69, 9.17) is 4.74 Å². The van der Waals surface area contributed by atoms with Gasteiger partial charge in [-0.1, -0.05) is 48.5 Å². The number of nitrogens with zero attached hydrogens (tertiary/aromatic N) is 7. The number of rotatable bonds is 7. The van der Waals surface area contributed by atoms with Crippen LogP contribution < -0.4 is 10.1 Å². The molecule has 2 aromatic carbocycles. The van der Waals surface area contributed by atoms with Gasteiger partial charge in [-0.2, -0.15) is 14.4 Å². The normalized spacial score (nSPS) is 10.9. The van der Waals surface area contributed by atoms with E-state index < -0.39 is 0 Å². The lowest BCUT2D eigenvalue weighted by Gasteiger charge is -2.07. The number of amides is 1. The SMILES string of the molecule is O=C(NCCOc1ccc2nnc(-c3ccccc3)n2n1)c1cnn(-c2ccccc2)n1. The van der Waals surface area contributed by atoms with Crippen LogP contribution in [0.2, 0.25) is 0 Å². The number of hydrogen-bond acceptors (Lipinski definition) is 7. The molecule has 5 rings (SSSR count). The van der Waals surface area contributed by atoms with Crippen LogP contribution in [-0.4, -0.2) is 53.9 Å². The summed E-state index contributed by atoms with van der Waals surface area (Å²) in [5.41, 5.74) is 2.53. The highest BCUT2D eigenvalue weighted by molar-refractivity contribution is 5.91. The van der Waals surface area contributed by atoms with Gasteiger partial charge in [-0.15, -0.1) is 20.4 Å². The van der Waals surface area contributed by atoms with E-state index in [0.717, 1.165) is 11.3 Å². The van der Waals surface area contributed by atoms with Gasteiger partial charge >= 0.3 is 0 Å². The van der Waals surface area contributed by atoms with Gasteiger partial charge in [0.2, 0.25) is 5.88 Å². The quantitative estimate of drug-likeness (QED) is 0.397. The average Bonchev–Trinajstić information content (AvgIpc) is 3.50. The minimum absolute atomic E-state index is 0.227. The van der Waals surface area contributed by atoms with Gasteiger partial charge in [0.05, 0.1) is 18.4 Å². The third kappa shape index (κ3) is 4.01. The van der Waals surface area contributed by atoms with Crippen LogP contribution >= 0.6 is 0 Å². The van der Waals surface area contributed by atoms with Crippen LogP contribution in [0.3, 0.4) is 0 Å². The van der Waals surface area contributed by atoms with Gasteiger partial charge < -0.3 is 10.1 Å².